The molecule has 0 spiro atoms. The number of nitrogens with one attached hydrogen (secondary N) is 1. The molecule has 8 heteroatoms. The molecule has 4 aromatic rings. The zero-order valence-corrected chi connectivity index (χ0v) is 20.0. The number of carbonyl (C=O) groups is 2. The van der Waals surface area contributed by atoms with Crippen molar-refractivity contribution in [1.29, 1.82) is 0 Å². The minimum absolute atomic E-state index is 0.243. The lowest BCUT2D eigenvalue weighted by atomic mass is 10.1. The Bertz CT molecular complexity index is 1350. The quantitative estimate of drug-likeness (QED) is 0.316. The number of hydrogen-bond acceptors (Lipinski definition) is 6. The fourth-order valence-electron chi connectivity index (χ4n) is 3.44. The van der Waals surface area contributed by atoms with E-state index >= 15 is 0 Å². The van der Waals surface area contributed by atoms with Crippen LogP contribution in [0.4, 0.5) is 5.69 Å². The van der Waals surface area contributed by atoms with E-state index < -0.39 is 5.97 Å². The van der Waals surface area contributed by atoms with E-state index in [0.717, 1.165) is 11.3 Å². The van der Waals surface area contributed by atoms with Crippen molar-refractivity contribution in [1.82, 2.24) is 4.98 Å². The van der Waals surface area contributed by atoms with Crippen LogP contribution in [-0.4, -0.2) is 37.2 Å². The summed E-state index contributed by atoms with van der Waals surface area (Å²) in [5.41, 5.74) is 3.08. The van der Waals surface area contributed by atoms with E-state index in [9.17, 15) is 9.59 Å². The number of ether oxygens (including phenoxy) is 3. The van der Waals surface area contributed by atoms with Crippen LogP contribution in [0.3, 0.4) is 0 Å². The Labute approximate surface area is 207 Å². The van der Waals surface area contributed by atoms with Crippen LogP contribution in [0.15, 0.2) is 72.8 Å². The Kier molecular flexibility index (Phi) is 7.48. The Morgan fingerprint density at radius 1 is 0.971 bits per heavy atom. The number of carbonyl (C=O) groups excluding carboxylic acids is 2. The topological polar surface area (TPSA) is 86.8 Å². The Morgan fingerprint density at radius 3 is 2.40 bits per heavy atom. The number of aromatic nitrogens is 1. The lowest BCUT2D eigenvalue weighted by Gasteiger charge is -2.13. The van der Waals surface area contributed by atoms with Crippen LogP contribution in [0.25, 0.3) is 22.2 Å². The van der Waals surface area contributed by atoms with Crippen molar-refractivity contribution in [3.05, 3.63) is 83.4 Å². The van der Waals surface area contributed by atoms with E-state index in [1.807, 2.05) is 24.3 Å². The van der Waals surface area contributed by atoms with Crippen LogP contribution in [0.2, 0.25) is 5.02 Å². The molecule has 0 saturated carbocycles. The van der Waals surface area contributed by atoms with Crippen molar-refractivity contribution in [2.45, 2.75) is 6.92 Å². The molecule has 0 atom stereocenters. The van der Waals surface area contributed by atoms with Crippen LogP contribution < -0.4 is 14.8 Å². The number of methoxy groups -OCH3 is 1. The second kappa shape index (κ2) is 10.9. The normalized spacial score (nSPS) is 10.6. The van der Waals surface area contributed by atoms with Crippen molar-refractivity contribution in [3.8, 4) is 22.8 Å². The lowest BCUT2D eigenvalue weighted by Crippen LogP contribution is -2.20. The van der Waals surface area contributed by atoms with Crippen LogP contribution in [0.5, 0.6) is 11.5 Å². The number of anilines is 1. The zero-order chi connectivity index (χ0) is 24.8. The molecule has 0 bridgehead atoms. The first-order chi connectivity index (χ1) is 17.0. The van der Waals surface area contributed by atoms with Gasteiger partial charge in [0.2, 0.25) is 0 Å². The van der Waals surface area contributed by atoms with Gasteiger partial charge in [-0.25, -0.2) is 9.78 Å². The van der Waals surface area contributed by atoms with Gasteiger partial charge in [-0.05, 0) is 73.7 Å². The van der Waals surface area contributed by atoms with Gasteiger partial charge in [-0.15, -0.1) is 0 Å². The zero-order valence-electron chi connectivity index (χ0n) is 19.2. The fraction of sp³-hybridized carbons (Fsp3) is 0.148. The summed E-state index contributed by atoms with van der Waals surface area (Å²) in [6.07, 6.45) is 0. The maximum absolute atomic E-state index is 12.5. The first kappa shape index (κ1) is 24.0. The number of fused-ring (bicyclic) bond motifs is 1. The predicted molar refractivity (Wildman–Crippen MR) is 135 cm³/mol. The molecule has 1 amide bonds. The molecule has 35 heavy (non-hydrogen) atoms. The average molecular weight is 491 g/mol. The fourth-order valence-corrected chi connectivity index (χ4v) is 3.56. The van der Waals surface area contributed by atoms with E-state index in [0.29, 0.717) is 38.6 Å². The standard InChI is InChI=1S/C27H23ClN2O5/c1-3-34-27(32)18-6-13-23-22(14-18)25(15-24(30-23)17-4-11-21(33-2)12-5-17)35-16-26(31)29-20-9-7-19(28)8-10-20/h4-15H,3,16H2,1-2H3,(H,29,31). The SMILES string of the molecule is CCOC(=O)c1ccc2nc(-c3ccc(OC)cc3)cc(OCC(=O)Nc3ccc(Cl)cc3)c2c1. The van der Waals surface area contributed by atoms with Gasteiger partial charge in [0.05, 0.1) is 30.5 Å². The maximum atomic E-state index is 12.5. The lowest BCUT2D eigenvalue weighted by molar-refractivity contribution is -0.118. The van der Waals surface area contributed by atoms with Gasteiger partial charge < -0.3 is 19.5 Å². The average Bonchev–Trinajstić information content (AvgIpc) is 2.88. The Morgan fingerprint density at radius 2 is 1.71 bits per heavy atom. The highest BCUT2D eigenvalue weighted by atomic mass is 35.5. The van der Waals surface area contributed by atoms with Gasteiger partial charge in [0.1, 0.15) is 11.5 Å². The third kappa shape index (κ3) is 5.88. The minimum Gasteiger partial charge on any atom is -0.497 e. The Hall–Kier alpha value is -4.10. The predicted octanol–water partition coefficient (Wildman–Crippen LogP) is 5.76. The molecule has 4 rings (SSSR count). The Balaban J connectivity index is 1.66. The highest BCUT2D eigenvalue weighted by molar-refractivity contribution is 6.30. The molecule has 0 radical (unpaired) electrons. The smallest absolute Gasteiger partial charge is 0.338 e. The molecular weight excluding hydrogens is 468 g/mol. The molecule has 0 saturated heterocycles. The van der Waals surface area contributed by atoms with Crippen molar-refractivity contribution < 1.29 is 23.8 Å². The van der Waals surface area contributed by atoms with E-state index in [1.165, 1.54) is 0 Å². The summed E-state index contributed by atoms with van der Waals surface area (Å²) in [4.78, 5) is 29.5. The molecule has 3 aromatic carbocycles. The summed E-state index contributed by atoms with van der Waals surface area (Å²) in [7, 11) is 1.60. The van der Waals surface area contributed by atoms with Gasteiger partial charge in [0, 0.05) is 27.7 Å². The number of hydrogen-bond donors (Lipinski definition) is 1. The summed E-state index contributed by atoms with van der Waals surface area (Å²) in [5, 5.41) is 3.93. The molecule has 1 heterocycles. The molecule has 0 fully saturated rings. The van der Waals surface area contributed by atoms with Crippen molar-refractivity contribution >= 4 is 40.1 Å². The van der Waals surface area contributed by atoms with Gasteiger partial charge >= 0.3 is 5.97 Å². The van der Waals surface area contributed by atoms with Gasteiger partial charge in [-0.1, -0.05) is 11.6 Å². The van der Waals surface area contributed by atoms with Crippen molar-refractivity contribution in [2.24, 2.45) is 0 Å². The molecule has 1 N–H and O–H groups in total. The third-order valence-corrected chi connectivity index (χ3v) is 5.41. The molecule has 0 aliphatic rings. The largest absolute Gasteiger partial charge is 0.497 e. The van der Waals surface area contributed by atoms with Crippen LogP contribution in [0.1, 0.15) is 17.3 Å². The molecular formula is C27H23ClN2O5. The van der Waals surface area contributed by atoms with E-state index in [1.54, 1.807) is 62.6 Å². The molecule has 1 aromatic heterocycles. The summed E-state index contributed by atoms with van der Waals surface area (Å²) >= 11 is 5.90. The molecule has 0 unspecified atom stereocenters. The number of pyridine rings is 1. The van der Waals surface area contributed by atoms with E-state index in [2.05, 4.69) is 5.32 Å². The maximum Gasteiger partial charge on any atom is 0.338 e. The molecule has 178 valence electrons. The van der Waals surface area contributed by atoms with Crippen molar-refractivity contribution in [2.75, 3.05) is 25.6 Å². The van der Waals surface area contributed by atoms with Crippen molar-refractivity contribution in [3.63, 3.8) is 0 Å². The summed E-state index contributed by atoms with van der Waals surface area (Å²) in [6.45, 7) is 1.77. The number of halogens is 1. The number of esters is 1. The molecule has 7 nitrogen and oxygen atoms in total. The van der Waals surface area contributed by atoms with Gasteiger partial charge in [-0.2, -0.15) is 0 Å². The highest BCUT2D eigenvalue weighted by Gasteiger charge is 2.15. The first-order valence-electron chi connectivity index (χ1n) is 10.9. The summed E-state index contributed by atoms with van der Waals surface area (Å²) in [6, 6.07) is 21.0. The second-order valence-corrected chi connectivity index (χ2v) is 7.97. The second-order valence-electron chi connectivity index (χ2n) is 7.53. The third-order valence-electron chi connectivity index (χ3n) is 5.15. The van der Waals surface area contributed by atoms with Crippen LogP contribution in [0, 0.1) is 0 Å². The van der Waals surface area contributed by atoms with E-state index in [4.69, 9.17) is 30.8 Å². The number of benzene rings is 3. The highest BCUT2D eigenvalue weighted by Crippen LogP contribution is 2.32. The van der Waals surface area contributed by atoms with Crippen LogP contribution >= 0.6 is 11.6 Å². The number of rotatable bonds is 8. The van der Waals surface area contributed by atoms with Gasteiger partial charge in [-0.3, -0.25) is 4.79 Å². The molecule has 0 aliphatic heterocycles. The number of nitrogens with zero attached hydrogens (tertiary/aromatic N) is 1. The van der Waals surface area contributed by atoms with Crippen LogP contribution in [-0.2, 0) is 9.53 Å². The first-order valence-corrected chi connectivity index (χ1v) is 11.3. The van der Waals surface area contributed by atoms with Gasteiger partial charge in [0.25, 0.3) is 5.91 Å². The summed E-state index contributed by atoms with van der Waals surface area (Å²) in [5.74, 6) is 0.354. The summed E-state index contributed by atoms with van der Waals surface area (Å²) < 4.78 is 16.3. The van der Waals surface area contributed by atoms with E-state index in [-0.39, 0.29) is 19.1 Å². The van der Waals surface area contributed by atoms with Gasteiger partial charge in [0.15, 0.2) is 6.61 Å². The minimum atomic E-state index is -0.444. The monoisotopic (exact) mass is 490 g/mol. The molecule has 0 aliphatic carbocycles. The number of amides is 1.